The number of hydrogen-bond acceptors (Lipinski definition) is 4. The molecule has 0 radical (unpaired) electrons. The first-order valence-corrected chi connectivity index (χ1v) is 8.38. The largest absolute Gasteiger partial charge is 0.354 e. The van der Waals surface area contributed by atoms with Crippen molar-refractivity contribution in [2.45, 2.75) is 31.2 Å². The summed E-state index contributed by atoms with van der Waals surface area (Å²) < 4.78 is 0. The number of nitrogens with one attached hydrogen (secondary N) is 2. The van der Waals surface area contributed by atoms with E-state index in [1.54, 1.807) is 25.6 Å². The highest BCUT2D eigenvalue weighted by Crippen LogP contribution is 2.18. The SMILES string of the molecule is Cc1ccc(SCCNC(=O)CN2C(=O)NC(C)(C)C2=O)cc1. The number of amides is 4. The van der Waals surface area contributed by atoms with Gasteiger partial charge in [-0.1, -0.05) is 17.7 Å². The molecular weight excluding hydrogens is 314 g/mol. The van der Waals surface area contributed by atoms with Crippen LogP contribution in [-0.4, -0.2) is 47.1 Å². The maximum absolute atomic E-state index is 12.0. The van der Waals surface area contributed by atoms with Crippen LogP contribution in [0.2, 0.25) is 0 Å². The number of aryl methyl sites for hydroxylation is 1. The molecule has 0 spiro atoms. The van der Waals surface area contributed by atoms with E-state index in [4.69, 9.17) is 0 Å². The Morgan fingerprint density at radius 3 is 2.48 bits per heavy atom. The Hall–Kier alpha value is -2.02. The van der Waals surface area contributed by atoms with Crippen LogP contribution in [0.3, 0.4) is 0 Å². The van der Waals surface area contributed by atoms with E-state index in [-0.39, 0.29) is 18.4 Å². The monoisotopic (exact) mass is 335 g/mol. The number of thioether (sulfide) groups is 1. The van der Waals surface area contributed by atoms with E-state index >= 15 is 0 Å². The fourth-order valence-electron chi connectivity index (χ4n) is 2.15. The van der Waals surface area contributed by atoms with Gasteiger partial charge >= 0.3 is 6.03 Å². The second-order valence-electron chi connectivity index (χ2n) is 5.96. The van der Waals surface area contributed by atoms with Gasteiger partial charge in [-0.25, -0.2) is 4.79 Å². The number of nitrogens with zero attached hydrogens (tertiary/aromatic N) is 1. The third-order valence-corrected chi connectivity index (χ3v) is 4.47. The fraction of sp³-hybridized carbons (Fsp3) is 0.438. The Balaban J connectivity index is 1.72. The van der Waals surface area contributed by atoms with Gasteiger partial charge in [0.15, 0.2) is 0 Å². The number of carbonyl (C=O) groups is 3. The number of carbonyl (C=O) groups excluding carboxylic acids is 3. The molecule has 1 saturated heterocycles. The number of hydrogen-bond donors (Lipinski definition) is 2. The summed E-state index contributed by atoms with van der Waals surface area (Å²) >= 11 is 1.64. The molecule has 0 saturated carbocycles. The van der Waals surface area contributed by atoms with Crippen LogP contribution in [0.15, 0.2) is 29.2 Å². The van der Waals surface area contributed by atoms with Crippen LogP contribution in [0, 0.1) is 6.92 Å². The summed E-state index contributed by atoms with van der Waals surface area (Å²) in [4.78, 5) is 37.6. The highest BCUT2D eigenvalue weighted by molar-refractivity contribution is 7.99. The normalized spacial score (nSPS) is 16.4. The van der Waals surface area contributed by atoms with Gasteiger partial charge in [-0.2, -0.15) is 0 Å². The Morgan fingerprint density at radius 2 is 1.91 bits per heavy atom. The molecule has 1 heterocycles. The summed E-state index contributed by atoms with van der Waals surface area (Å²) in [6.45, 7) is 5.49. The van der Waals surface area contributed by atoms with Gasteiger partial charge in [0.25, 0.3) is 5.91 Å². The molecule has 0 atom stereocenters. The quantitative estimate of drug-likeness (QED) is 0.469. The van der Waals surface area contributed by atoms with Crippen LogP contribution >= 0.6 is 11.8 Å². The maximum atomic E-state index is 12.0. The third kappa shape index (κ3) is 4.48. The van der Waals surface area contributed by atoms with Gasteiger partial charge in [0, 0.05) is 17.2 Å². The van der Waals surface area contributed by atoms with E-state index < -0.39 is 11.6 Å². The smallest absolute Gasteiger partial charge is 0.325 e. The Bertz CT molecular complexity index is 614. The van der Waals surface area contributed by atoms with Crippen molar-refractivity contribution < 1.29 is 14.4 Å². The molecule has 1 aromatic carbocycles. The lowest BCUT2D eigenvalue weighted by Gasteiger charge is -2.15. The van der Waals surface area contributed by atoms with Crippen molar-refractivity contribution in [2.24, 2.45) is 0 Å². The van der Waals surface area contributed by atoms with Crippen molar-refractivity contribution >= 4 is 29.6 Å². The van der Waals surface area contributed by atoms with Gasteiger partial charge in [-0.15, -0.1) is 11.8 Å². The predicted molar refractivity (Wildman–Crippen MR) is 89.2 cm³/mol. The Kier molecular flexibility index (Phi) is 5.30. The number of urea groups is 1. The molecule has 1 aromatic rings. The van der Waals surface area contributed by atoms with Gasteiger partial charge in [-0.05, 0) is 32.9 Å². The summed E-state index contributed by atoms with van der Waals surface area (Å²) in [5.74, 6) is 0.00264. The highest BCUT2D eigenvalue weighted by Gasteiger charge is 2.44. The highest BCUT2D eigenvalue weighted by atomic mass is 32.2. The van der Waals surface area contributed by atoms with Crippen LogP contribution in [-0.2, 0) is 9.59 Å². The second-order valence-corrected chi connectivity index (χ2v) is 7.13. The van der Waals surface area contributed by atoms with E-state index in [0.29, 0.717) is 6.54 Å². The van der Waals surface area contributed by atoms with E-state index in [9.17, 15) is 14.4 Å². The summed E-state index contributed by atoms with van der Waals surface area (Å²) in [7, 11) is 0. The summed E-state index contributed by atoms with van der Waals surface area (Å²) in [6, 6.07) is 7.64. The summed E-state index contributed by atoms with van der Waals surface area (Å²) in [5.41, 5.74) is 0.262. The molecule has 23 heavy (non-hydrogen) atoms. The lowest BCUT2D eigenvalue weighted by atomic mass is 10.1. The van der Waals surface area contributed by atoms with Gasteiger partial charge in [-0.3, -0.25) is 14.5 Å². The lowest BCUT2D eigenvalue weighted by Crippen LogP contribution is -2.43. The van der Waals surface area contributed by atoms with Crippen LogP contribution < -0.4 is 10.6 Å². The molecule has 2 rings (SSSR count). The van der Waals surface area contributed by atoms with Crippen LogP contribution in [0.25, 0.3) is 0 Å². The zero-order valence-electron chi connectivity index (χ0n) is 13.5. The van der Waals surface area contributed by atoms with Crippen molar-refractivity contribution in [1.82, 2.24) is 15.5 Å². The predicted octanol–water partition coefficient (Wildman–Crippen LogP) is 1.53. The van der Waals surface area contributed by atoms with E-state index in [2.05, 4.69) is 10.6 Å². The van der Waals surface area contributed by atoms with Gasteiger partial charge in [0.2, 0.25) is 5.91 Å². The molecule has 7 heteroatoms. The Morgan fingerprint density at radius 1 is 1.26 bits per heavy atom. The summed E-state index contributed by atoms with van der Waals surface area (Å²) in [5, 5.41) is 5.27. The lowest BCUT2D eigenvalue weighted by molar-refractivity contribution is -0.134. The van der Waals surface area contributed by atoms with Gasteiger partial charge in [0.1, 0.15) is 12.1 Å². The topological polar surface area (TPSA) is 78.5 Å². The van der Waals surface area contributed by atoms with Crippen molar-refractivity contribution in [3.63, 3.8) is 0 Å². The molecule has 4 amide bonds. The number of imide groups is 1. The number of rotatable bonds is 6. The minimum absolute atomic E-state index is 0.247. The van der Waals surface area contributed by atoms with Gasteiger partial charge < -0.3 is 10.6 Å². The van der Waals surface area contributed by atoms with E-state index in [1.165, 1.54) is 5.56 Å². The van der Waals surface area contributed by atoms with Gasteiger partial charge in [0.05, 0.1) is 0 Å². The molecule has 1 aliphatic rings. The van der Waals surface area contributed by atoms with E-state index in [1.807, 2.05) is 31.2 Å². The van der Waals surface area contributed by atoms with Crippen molar-refractivity contribution in [3.8, 4) is 0 Å². The molecule has 1 fully saturated rings. The Labute approximate surface area is 140 Å². The van der Waals surface area contributed by atoms with Crippen LogP contribution in [0.5, 0.6) is 0 Å². The zero-order chi connectivity index (χ0) is 17.0. The minimum Gasteiger partial charge on any atom is -0.354 e. The first-order chi connectivity index (χ1) is 10.8. The van der Waals surface area contributed by atoms with E-state index in [0.717, 1.165) is 15.5 Å². The molecular formula is C16H21N3O3S. The first kappa shape index (κ1) is 17.3. The molecule has 124 valence electrons. The summed E-state index contributed by atoms with van der Waals surface area (Å²) in [6.07, 6.45) is 0. The van der Waals surface area contributed by atoms with Crippen LogP contribution in [0.4, 0.5) is 4.79 Å². The average molecular weight is 335 g/mol. The third-order valence-electron chi connectivity index (χ3n) is 3.46. The van der Waals surface area contributed by atoms with Crippen molar-refractivity contribution in [2.75, 3.05) is 18.8 Å². The fourth-order valence-corrected chi connectivity index (χ4v) is 2.92. The van der Waals surface area contributed by atoms with Crippen molar-refractivity contribution in [3.05, 3.63) is 29.8 Å². The standard InChI is InChI=1S/C16H21N3O3S/c1-11-4-6-12(7-5-11)23-9-8-17-13(20)10-19-14(21)16(2,3)18-15(19)22/h4-7H,8-10H2,1-3H3,(H,17,20)(H,18,22). The second kappa shape index (κ2) is 7.04. The van der Waals surface area contributed by atoms with Crippen molar-refractivity contribution in [1.29, 1.82) is 0 Å². The molecule has 0 unspecified atom stereocenters. The van der Waals surface area contributed by atoms with Crippen LogP contribution in [0.1, 0.15) is 19.4 Å². The maximum Gasteiger partial charge on any atom is 0.325 e. The molecule has 6 nitrogen and oxygen atoms in total. The molecule has 1 aliphatic heterocycles. The molecule has 0 bridgehead atoms. The molecule has 0 aliphatic carbocycles. The first-order valence-electron chi connectivity index (χ1n) is 7.40. The zero-order valence-corrected chi connectivity index (χ0v) is 14.3. The average Bonchev–Trinajstić information content (AvgIpc) is 2.67. The molecule has 0 aromatic heterocycles. The minimum atomic E-state index is -0.946. The number of benzene rings is 1. The molecule has 2 N–H and O–H groups in total.